The van der Waals surface area contributed by atoms with E-state index in [-0.39, 0.29) is 0 Å². The van der Waals surface area contributed by atoms with Crippen molar-refractivity contribution in [2.75, 3.05) is 17.2 Å². The number of anilines is 3. The van der Waals surface area contributed by atoms with E-state index in [2.05, 4.69) is 35.6 Å². The molecule has 1 aliphatic carbocycles. The topological polar surface area (TPSA) is 97.2 Å². The van der Waals surface area contributed by atoms with Crippen molar-refractivity contribution in [1.29, 1.82) is 0 Å². The van der Waals surface area contributed by atoms with Gasteiger partial charge in [-0.1, -0.05) is 6.07 Å². The van der Waals surface area contributed by atoms with Crippen LogP contribution in [-0.4, -0.2) is 32.7 Å². The number of benzene rings is 2. The van der Waals surface area contributed by atoms with E-state index >= 15 is 0 Å². The number of fused-ring (bicyclic) bond motifs is 1. The van der Waals surface area contributed by atoms with Crippen molar-refractivity contribution >= 4 is 40.4 Å². The lowest BCUT2D eigenvalue weighted by molar-refractivity contribution is 0.479. The molecule has 2 aromatic heterocycles. The second kappa shape index (κ2) is 9.43. The van der Waals surface area contributed by atoms with Crippen LogP contribution in [0.3, 0.4) is 0 Å². The van der Waals surface area contributed by atoms with Gasteiger partial charge in [0, 0.05) is 24.5 Å². The Hall–Kier alpha value is -4.07. The van der Waals surface area contributed by atoms with Crippen molar-refractivity contribution in [2.24, 2.45) is 10.9 Å². The van der Waals surface area contributed by atoms with Crippen LogP contribution >= 0.6 is 0 Å². The van der Waals surface area contributed by atoms with E-state index in [9.17, 15) is 0 Å². The van der Waals surface area contributed by atoms with Crippen molar-refractivity contribution in [3.05, 3.63) is 60.0 Å². The lowest BCUT2D eigenvalue weighted by atomic mass is 10.2. The Morgan fingerprint density at radius 1 is 1.06 bits per heavy atom. The van der Waals surface area contributed by atoms with E-state index in [0.29, 0.717) is 22.8 Å². The minimum absolute atomic E-state index is 0.599. The Balaban J connectivity index is 1.35. The summed E-state index contributed by atoms with van der Waals surface area (Å²) >= 11 is 0. The molecule has 1 aliphatic rings. The first-order chi connectivity index (χ1) is 16.6. The fraction of sp³-hybridized carbons (Fsp3) is 0.269. The van der Waals surface area contributed by atoms with Crippen molar-refractivity contribution in [3.63, 3.8) is 0 Å². The summed E-state index contributed by atoms with van der Waals surface area (Å²) < 4.78 is 6.14. The number of aromatic nitrogens is 4. The predicted molar refractivity (Wildman–Crippen MR) is 136 cm³/mol. The molecule has 0 unspecified atom stereocenters. The summed E-state index contributed by atoms with van der Waals surface area (Å²) in [5.41, 5.74) is 5.25. The number of aryl methyl sites for hydroxylation is 2. The number of aliphatic imine (C=N–C) groups is 1. The second-order valence-corrected chi connectivity index (χ2v) is 8.52. The summed E-state index contributed by atoms with van der Waals surface area (Å²) in [6.45, 7) is 6.85. The average Bonchev–Trinajstić information content (AvgIpc) is 3.67. The molecule has 0 saturated heterocycles. The summed E-state index contributed by atoms with van der Waals surface area (Å²) in [5, 5.41) is 6.69. The van der Waals surface area contributed by atoms with E-state index in [1.54, 1.807) is 12.4 Å². The normalized spacial score (nSPS) is 13.4. The summed E-state index contributed by atoms with van der Waals surface area (Å²) in [5.74, 6) is 3.50. The van der Waals surface area contributed by atoms with Crippen molar-refractivity contribution in [2.45, 2.75) is 33.6 Å². The first-order valence-corrected chi connectivity index (χ1v) is 11.5. The molecule has 2 heterocycles. The zero-order valence-electron chi connectivity index (χ0n) is 19.5. The zero-order valence-corrected chi connectivity index (χ0v) is 19.5. The van der Waals surface area contributed by atoms with Gasteiger partial charge in [-0.2, -0.15) is 0 Å². The van der Waals surface area contributed by atoms with E-state index < -0.39 is 0 Å². The molecule has 5 rings (SSSR count). The molecule has 8 nitrogen and oxygen atoms in total. The maximum Gasteiger partial charge on any atom is 0.223 e. The largest absolute Gasteiger partial charge is 0.457 e. The van der Waals surface area contributed by atoms with Gasteiger partial charge in [0.2, 0.25) is 5.95 Å². The highest BCUT2D eigenvalue weighted by atomic mass is 16.5. The molecule has 34 heavy (non-hydrogen) atoms. The second-order valence-electron chi connectivity index (χ2n) is 8.52. The molecule has 1 saturated carbocycles. The number of hydrogen-bond acceptors (Lipinski definition) is 8. The van der Waals surface area contributed by atoms with E-state index in [4.69, 9.17) is 4.74 Å². The molecule has 8 heteroatoms. The third-order valence-corrected chi connectivity index (χ3v) is 5.74. The fourth-order valence-corrected chi connectivity index (χ4v) is 3.62. The molecular formula is C26H27N7O. The SMILES string of the molecule is CC=Nc1cc(Oc2ccc(Nc3ncnc4cnc(NCC5CC5)nc34)cc2C)ccc1C. The summed E-state index contributed by atoms with van der Waals surface area (Å²) in [6, 6.07) is 11.8. The van der Waals surface area contributed by atoms with Crippen LogP contribution in [0.15, 0.2) is 53.9 Å². The van der Waals surface area contributed by atoms with E-state index in [1.165, 1.54) is 19.2 Å². The standard InChI is InChI=1S/C26H27N7O/c1-4-27-21-12-20(9-5-16(21)2)34-23-10-8-19(11-17(23)3)32-25-24-22(30-15-31-25)14-29-26(33-24)28-13-18-6-7-18/h4-5,8-12,14-15,18H,6-7,13H2,1-3H3,(H,28,29,33)(H,30,31,32). The van der Waals surface area contributed by atoms with Crippen LogP contribution in [0.4, 0.5) is 23.1 Å². The van der Waals surface area contributed by atoms with Crippen LogP contribution in [0.1, 0.15) is 30.9 Å². The Morgan fingerprint density at radius 2 is 1.94 bits per heavy atom. The van der Waals surface area contributed by atoms with Gasteiger partial charge in [0.05, 0.1) is 11.9 Å². The fourth-order valence-electron chi connectivity index (χ4n) is 3.62. The van der Waals surface area contributed by atoms with Gasteiger partial charge in [-0.15, -0.1) is 0 Å². The number of rotatable bonds is 8. The summed E-state index contributed by atoms with van der Waals surface area (Å²) in [7, 11) is 0. The quantitative estimate of drug-likeness (QED) is 0.310. The Bertz CT molecular complexity index is 1360. The first kappa shape index (κ1) is 21.8. The summed E-state index contributed by atoms with van der Waals surface area (Å²) in [4.78, 5) is 22.2. The molecule has 2 N–H and O–H groups in total. The third-order valence-electron chi connectivity index (χ3n) is 5.74. The van der Waals surface area contributed by atoms with E-state index in [1.807, 2.05) is 57.2 Å². The van der Waals surface area contributed by atoms with Crippen molar-refractivity contribution in [1.82, 2.24) is 19.9 Å². The number of nitrogens with zero attached hydrogens (tertiary/aromatic N) is 5. The van der Waals surface area contributed by atoms with Crippen LogP contribution in [0.25, 0.3) is 11.0 Å². The maximum absolute atomic E-state index is 6.14. The van der Waals surface area contributed by atoms with Crippen LogP contribution in [0.5, 0.6) is 11.5 Å². The van der Waals surface area contributed by atoms with Gasteiger partial charge in [-0.25, -0.2) is 19.9 Å². The molecule has 1 fully saturated rings. The van der Waals surface area contributed by atoms with Crippen LogP contribution < -0.4 is 15.4 Å². The molecule has 0 amide bonds. The lowest BCUT2D eigenvalue weighted by Gasteiger charge is -2.13. The lowest BCUT2D eigenvalue weighted by Crippen LogP contribution is -2.07. The minimum atomic E-state index is 0.599. The highest BCUT2D eigenvalue weighted by Crippen LogP contribution is 2.32. The van der Waals surface area contributed by atoms with Crippen LogP contribution in [0, 0.1) is 19.8 Å². The number of nitrogens with one attached hydrogen (secondary N) is 2. The summed E-state index contributed by atoms with van der Waals surface area (Å²) in [6.07, 6.45) is 7.57. The van der Waals surface area contributed by atoms with Gasteiger partial charge in [-0.3, -0.25) is 4.99 Å². The van der Waals surface area contributed by atoms with Gasteiger partial charge in [0.15, 0.2) is 5.82 Å². The van der Waals surface area contributed by atoms with E-state index in [0.717, 1.165) is 46.5 Å². The highest BCUT2D eigenvalue weighted by Gasteiger charge is 2.21. The zero-order chi connectivity index (χ0) is 23.5. The molecular weight excluding hydrogens is 426 g/mol. The molecule has 2 aromatic carbocycles. The van der Waals surface area contributed by atoms with Crippen LogP contribution in [-0.2, 0) is 0 Å². The maximum atomic E-state index is 6.14. The highest BCUT2D eigenvalue weighted by molar-refractivity contribution is 5.87. The van der Waals surface area contributed by atoms with Crippen molar-refractivity contribution < 1.29 is 4.74 Å². The Morgan fingerprint density at radius 3 is 2.74 bits per heavy atom. The predicted octanol–water partition coefficient (Wildman–Crippen LogP) is 6.12. The molecule has 0 atom stereocenters. The molecule has 172 valence electrons. The van der Waals surface area contributed by atoms with Gasteiger partial charge in [0.25, 0.3) is 0 Å². The number of hydrogen-bond donors (Lipinski definition) is 2. The smallest absolute Gasteiger partial charge is 0.223 e. The first-order valence-electron chi connectivity index (χ1n) is 11.5. The van der Waals surface area contributed by atoms with Gasteiger partial charge in [-0.05, 0) is 74.9 Å². The molecule has 0 aliphatic heterocycles. The molecule has 0 radical (unpaired) electrons. The minimum Gasteiger partial charge on any atom is -0.457 e. The molecule has 0 spiro atoms. The van der Waals surface area contributed by atoms with Gasteiger partial charge in [0.1, 0.15) is 28.9 Å². The van der Waals surface area contributed by atoms with Crippen LogP contribution in [0.2, 0.25) is 0 Å². The van der Waals surface area contributed by atoms with Crippen molar-refractivity contribution in [3.8, 4) is 11.5 Å². The third kappa shape index (κ3) is 4.96. The monoisotopic (exact) mass is 453 g/mol. The molecule has 0 bridgehead atoms. The number of ether oxygens (including phenoxy) is 1. The molecule has 4 aromatic rings. The average molecular weight is 454 g/mol. The Kier molecular flexibility index (Phi) is 6.03. The van der Waals surface area contributed by atoms with Gasteiger partial charge < -0.3 is 15.4 Å². The van der Waals surface area contributed by atoms with Gasteiger partial charge >= 0.3 is 0 Å². The Labute approximate surface area is 198 Å².